The average Bonchev–Trinajstić information content (AvgIpc) is 2.80. The summed E-state index contributed by atoms with van der Waals surface area (Å²) >= 11 is 0. The lowest BCUT2D eigenvalue weighted by Gasteiger charge is -2.35. The second-order valence-corrected chi connectivity index (χ2v) is 8.16. The average molecular weight is 508 g/mol. The summed E-state index contributed by atoms with van der Waals surface area (Å²) < 4.78 is 31.7. The second-order valence-electron chi connectivity index (χ2n) is 8.16. The lowest BCUT2D eigenvalue weighted by atomic mass is 10.0. The van der Waals surface area contributed by atoms with Gasteiger partial charge in [0.05, 0.1) is 6.54 Å². The van der Waals surface area contributed by atoms with Gasteiger partial charge in [0.2, 0.25) is 11.8 Å². The number of carboxylic acids is 1. The number of anilines is 1. The minimum absolute atomic E-state index is 0.121. The summed E-state index contributed by atoms with van der Waals surface area (Å²) in [5.41, 5.74) is 2.13. The SMILES string of the molecule is CN(C)CC(=O)Nc1ccc(C(=O)N2CCNC(=O)C2Cc2ccccc2)cc1.O=C(O)C(F)(F)F. The van der Waals surface area contributed by atoms with Gasteiger partial charge in [-0.15, -0.1) is 0 Å². The number of hydrogen-bond donors (Lipinski definition) is 3. The molecule has 3 amide bonds. The van der Waals surface area contributed by atoms with Gasteiger partial charge in [0.1, 0.15) is 6.04 Å². The molecule has 2 aromatic carbocycles. The van der Waals surface area contributed by atoms with E-state index in [2.05, 4.69) is 10.6 Å². The smallest absolute Gasteiger partial charge is 0.475 e. The molecule has 2 aromatic rings. The molecule has 1 aliphatic heterocycles. The van der Waals surface area contributed by atoms with Crippen LogP contribution >= 0.6 is 0 Å². The fourth-order valence-corrected chi connectivity index (χ4v) is 3.35. The largest absolute Gasteiger partial charge is 0.490 e. The first-order valence-electron chi connectivity index (χ1n) is 10.9. The molecule has 0 aromatic heterocycles. The number of carbonyl (C=O) groups excluding carboxylic acids is 3. The third kappa shape index (κ3) is 8.69. The molecule has 9 nitrogen and oxygen atoms in total. The van der Waals surface area contributed by atoms with Gasteiger partial charge < -0.3 is 25.5 Å². The Morgan fingerprint density at radius 1 is 1.08 bits per heavy atom. The van der Waals surface area contributed by atoms with Crippen molar-refractivity contribution in [2.45, 2.75) is 18.6 Å². The third-order valence-corrected chi connectivity index (χ3v) is 4.98. The zero-order chi connectivity index (χ0) is 26.9. The fourth-order valence-electron chi connectivity index (χ4n) is 3.35. The van der Waals surface area contributed by atoms with E-state index in [0.717, 1.165) is 5.56 Å². The van der Waals surface area contributed by atoms with Gasteiger partial charge in [-0.1, -0.05) is 30.3 Å². The van der Waals surface area contributed by atoms with Gasteiger partial charge in [0.15, 0.2) is 0 Å². The summed E-state index contributed by atoms with van der Waals surface area (Å²) in [6.45, 7) is 1.18. The van der Waals surface area contributed by atoms with Crippen molar-refractivity contribution in [1.29, 1.82) is 0 Å². The van der Waals surface area contributed by atoms with Crippen LogP contribution in [0.5, 0.6) is 0 Å². The number of hydrogen-bond acceptors (Lipinski definition) is 5. The minimum Gasteiger partial charge on any atom is -0.475 e. The maximum Gasteiger partial charge on any atom is 0.490 e. The van der Waals surface area contributed by atoms with Crippen molar-refractivity contribution >= 4 is 29.4 Å². The van der Waals surface area contributed by atoms with Crippen LogP contribution in [0.25, 0.3) is 0 Å². The van der Waals surface area contributed by atoms with E-state index in [9.17, 15) is 27.6 Å². The standard InChI is InChI=1S/C22H26N4O3.C2HF3O2/c1-25(2)15-20(27)24-18-10-8-17(9-11-18)22(29)26-13-12-23-21(28)19(26)14-16-6-4-3-5-7-16;3-2(4,5)1(6)7/h3-11,19H,12-15H2,1-2H3,(H,23,28)(H,24,27);(H,6,7). The van der Waals surface area contributed by atoms with Crippen LogP contribution in [0.1, 0.15) is 15.9 Å². The molecule has 1 unspecified atom stereocenters. The molecule has 1 atom stereocenters. The van der Waals surface area contributed by atoms with E-state index < -0.39 is 18.2 Å². The number of aliphatic carboxylic acids is 1. The molecule has 1 fully saturated rings. The highest BCUT2D eigenvalue weighted by atomic mass is 19.4. The highest BCUT2D eigenvalue weighted by Crippen LogP contribution is 2.18. The van der Waals surface area contributed by atoms with Crippen molar-refractivity contribution in [3.8, 4) is 0 Å². The first-order valence-corrected chi connectivity index (χ1v) is 10.9. The zero-order valence-corrected chi connectivity index (χ0v) is 19.7. The Morgan fingerprint density at radius 2 is 1.67 bits per heavy atom. The summed E-state index contributed by atoms with van der Waals surface area (Å²) in [5, 5.41) is 12.8. The molecule has 0 saturated carbocycles. The Balaban J connectivity index is 0.000000572. The highest BCUT2D eigenvalue weighted by Gasteiger charge is 2.38. The Kier molecular flexibility index (Phi) is 9.97. The van der Waals surface area contributed by atoms with E-state index in [1.165, 1.54) is 0 Å². The molecule has 0 spiro atoms. The van der Waals surface area contributed by atoms with E-state index in [1.54, 1.807) is 34.1 Å². The molecule has 1 aliphatic rings. The summed E-state index contributed by atoms with van der Waals surface area (Å²) in [7, 11) is 3.64. The van der Waals surface area contributed by atoms with E-state index in [0.29, 0.717) is 30.8 Å². The number of nitrogens with zero attached hydrogens (tertiary/aromatic N) is 2. The molecule has 1 saturated heterocycles. The monoisotopic (exact) mass is 508 g/mol. The van der Waals surface area contributed by atoms with Crippen LogP contribution in [0.2, 0.25) is 0 Å². The minimum atomic E-state index is -5.08. The summed E-state index contributed by atoms with van der Waals surface area (Å²) in [6, 6.07) is 15.9. The van der Waals surface area contributed by atoms with Crippen LogP contribution in [0.4, 0.5) is 18.9 Å². The number of piperazine rings is 1. The molecule has 1 heterocycles. The van der Waals surface area contributed by atoms with Crippen LogP contribution in [0, 0.1) is 0 Å². The fraction of sp³-hybridized carbons (Fsp3) is 0.333. The zero-order valence-electron chi connectivity index (χ0n) is 19.7. The summed E-state index contributed by atoms with van der Waals surface area (Å²) in [5.74, 6) is -3.20. The van der Waals surface area contributed by atoms with Gasteiger partial charge in [-0.2, -0.15) is 13.2 Å². The number of carboxylic acid groups (broad SMARTS) is 1. The molecule has 0 aliphatic carbocycles. The Morgan fingerprint density at radius 3 is 2.19 bits per heavy atom. The maximum absolute atomic E-state index is 13.1. The first-order chi connectivity index (χ1) is 16.9. The molecule has 0 radical (unpaired) electrons. The van der Waals surface area contributed by atoms with E-state index >= 15 is 0 Å². The maximum atomic E-state index is 13.1. The number of benzene rings is 2. The first kappa shape index (κ1) is 28.3. The normalized spacial score (nSPS) is 15.4. The molecule has 12 heteroatoms. The van der Waals surface area contributed by atoms with Crippen LogP contribution in [-0.4, -0.2) is 84.5 Å². The highest BCUT2D eigenvalue weighted by molar-refractivity contribution is 5.99. The molecule has 36 heavy (non-hydrogen) atoms. The predicted octanol–water partition coefficient (Wildman–Crippen LogP) is 2.00. The van der Waals surface area contributed by atoms with Crippen LogP contribution in [0.3, 0.4) is 0 Å². The van der Waals surface area contributed by atoms with Crippen molar-refractivity contribution in [3.05, 3.63) is 65.7 Å². The van der Waals surface area contributed by atoms with Crippen molar-refractivity contribution in [2.75, 3.05) is 39.0 Å². The molecular weight excluding hydrogens is 481 g/mol. The number of carbonyl (C=O) groups is 4. The predicted molar refractivity (Wildman–Crippen MR) is 125 cm³/mol. The third-order valence-electron chi connectivity index (χ3n) is 4.98. The number of halogens is 3. The number of alkyl halides is 3. The quantitative estimate of drug-likeness (QED) is 0.549. The van der Waals surface area contributed by atoms with Crippen LogP contribution in [-0.2, 0) is 20.8 Å². The molecule has 0 bridgehead atoms. The topological polar surface area (TPSA) is 119 Å². The van der Waals surface area contributed by atoms with Gasteiger partial charge in [0, 0.05) is 30.8 Å². The summed E-state index contributed by atoms with van der Waals surface area (Å²) in [6.07, 6.45) is -4.61. The Labute approximate surface area is 205 Å². The van der Waals surface area contributed by atoms with E-state index in [4.69, 9.17) is 9.90 Å². The van der Waals surface area contributed by atoms with Crippen LogP contribution < -0.4 is 10.6 Å². The molecule has 3 N–H and O–H groups in total. The summed E-state index contributed by atoms with van der Waals surface area (Å²) in [4.78, 5) is 49.7. The number of likely N-dealkylation sites (N-methyl/N-ethyl adjacent to an activating group) is 1. The van der Waals surface area contributed by atoms with Gasteiger partial charge in [-0.3, -0.25) is 14.4 Å². The number of rotatable bonds is 6. The van der Waals surface area contributed by atoms with Crippen molar-refractivity contribution in [2.24, 2.45) is 0 Å². The molecule has 194 valence electrons. The Hall–Kier alpha value is -3.93. The molecular formula is C24H27F3N4O5. The van der Waals surface area contributed by atoms with Gasteiger partial charge in [-0.05, 0) is 43.9 Å². The van der Waals surface area contributed by atoms with Gasteiger partial charge in [0.25, 0.3) is 5.91 Å². The van der Waals surface area contributed by atoms with Crippen LogP contribution in [0.15, 0.2) is 54.6 Å². The number of nitrogens with one attached hydrogen (secondary N) is 2. The van der Waals surface area contributed by atoms with Gasteiger partial charge >= 0.3 is 12.1 Å². The lowest BCUT2D eigenvalue weighted by molar-refractivity contribution is -0.192. The van der Waals surface area contributed by atoms with Crippen molar-refractivity contribution in [1.82, 2.24) is 15.1 Å². The van der Waals surface area contributed by atoms with Gasteiger partial charge in [-0.25, -0.2) is 4.79 Å². The van der Waals surface area contributed by atoms with E-state index in [1.807, 2.05) is 44.4 Å². The van der Waals surface area contributed by atoms with Crippen molar-refractivity contribution < 1.29 is 37.5 Å². The number of amides is 3. The second kappa shape index (κ2) is 12.7. The van der Waals surface area contributed by atoms with Crippen molar-refractivity contribution in [3.63, 3.8) is 0 Å². The Bertz CT molecular complexity index is 1060. The van der Waals surface area contributed by atoms with E-state index in [-0.39, 0.29) is 24.3 Å². The lowest BCUT2D eigenvalue weighted by Crippen LogP contribution is -2.58. The molecule has 3 rings (SSSR count).